The Labute approximate surface area is 125 Å². The molecule has 0 aromatic rings. The smallest absolute Gasteiger partial charge is 0.337 e. The Hall–Kier alpha value is -1.14. The van der Waals surface area contributed by atoms with Gasteiger partial charge in [0.2, 0.25) is 5.91 Å². The molecule has 1 N–H and O–H groups in total. The third kappa shape index (κ3) is 1.72. The molecule has 2 saturated heterocycles. The third-order valence-electron chi connectivity index (χ3n) is 5.00. The predicted molar refractivity (Wildman–Crippen MR) is 75.2 cm³/mol. The summed E-state index contributed by atoms with van der Waals surface area (Å²) in [6.45, 7) is 10.7. The average Bonchev–Trinajstić information content (AvgIpc) is 2.77. The Morgan fingerprint density at radius 1 is 1.38 bits per heavy atom. The van der Waals surface area contributed by atoms with Crippen molar-refractivity contribution in [2.75, 3.05) is 7.11 Å². The summed E-state index contributed by atoms with van der Waals surface area (Å²) in [6.07, 6.45) is -1.24. The molecule has 0 aromatic heterocycles. The van der Waals surface area contributed by atoms with Gasteiger partial charge in [-0.1, -0.05) is 27.7 Å². The number of hydrogen-bond donors (Lipinski definition) is 1. The monoisotopic (exact) mass is 299 g/mol. The van der Waals surface area contributed by atoms with E-state index in [-0.39, 0.29) is 11.3 Å². The summed E-state index contributed by atoms with van der Waals surface area (Å²) in [5.41, 5.74) is -3.45. The molecule has 0 spiro atoms. The molecular weight excluding hydrogens is 274 g/mol. The minimum absolute atomic E-state index is 0.283. The quantitative estimate of drug-likeness (QED) is 0.729. The van der Waals surface area contributed by atoms with Crippen molar-refractivity contribution in [3.05, 3.63) is 0 Å². The van der Waals surface area contributed by atoms with E-state index < -0.39 is 35.4 Å². The van der Waals surface area contributed by atoms with Gasteiger partial charge < -0.3 is 14.6 Å². The van der Waals surface area contributed by atoms with E-state index in [1.54, 1.807) is 13.8 Å². The lowest BCUT2D eigenvalue weighted by atomic mass is 9.74. The first-order valence-electron chi connectivity index (χ1n) is 7.23. The van der Waals surface area contributed by atoms with Crippen molar-refractivity contribution in [2.45, 2.75) is 65.0 Å². The van der Waals surface area contributed by atoms with Gasteiger partial charge in [0.25, 0.3) is 0 Å². The van der Waals surface area contributed by atoms with Gasteiger partial charge in [-0.25, -0.2) is 4.79 Å². The fraction of sp³-hybridized carbons (Fsp3) is 0.867. The van der Waals surface area contributed by atoms with Crippen LogP contribution in [0.15, 0.2) is 0 Å². The van der Waals surface area contributed by atoms with Gasteiger partial charge in [0.15, 0.2) is 5.54 Å². The fourth-order valence-corrected chi connectivity index (χ4v) is 3.68. The number of amides is 1. The van der Waals surface area contributed by atoms with Crippen LogP contribution in [0.3, 0.4) is 0 Å². The molecule has 0 radical (unpaired) electrons. The van der Waals surface area contributed by atoms with Gasteiger partial charge >= 0.3 is 5.97 Å². The van der Waals surface area contributed by atoms with Crippen molar-refractivity contribution >= 4 is 11.9 Å². The van der Waals surface area contributed by atoms with Crippen LogP contribution in [-0.2, 0) is 19.1 Å². The van der Waals surface area contributed by atoms with E-state index in [0.29, 0.717) is 0 Å². The van der Waals surface area contributed by atoms with Crippen molar-refractivity contribution in [2.24, 2.45) is 11.3 Å². The van der Waals surface area contributed by atoms with Crippen LogP contribution in [0.2, 0.25) is 0 Å². The highest BCUT2D eigenvalue weighted by Gasteiger charge is 2.77. The number of rotatable bonds is 1. The molecule has 6 nitrogen and oxygen atoms in total. The SMILES string of the molecule is COC(=O)[C@]12[C@@H](C)O[C@H](C(C)(C)C)N1C(=O)[C@@H](C)[C@@]2(C)O. The van der Waals surface area contributed by atoms with Crippen LogP contribution in [0.1, 0.15) is 41.5 Å². The van der Waals surface area contributed by atoms with Gasteiger partial charge in [0, 0.05) is 5.41 Å². The van der Waals surface area contributed by atoms with Crippen molar-refractivity contribution < 1.29 is 24.2 Å². The first-order chi connectivity index (χ1) is 9.43. The molecule has 21 heavy (non-hydrogen) atoms. The highest BCUT2D eigenvalue weighted by atomic mass is 16.6. The number of carbonyl (C=O) groups excluding carboxylic acids is 2. The molecule has 5 atom stereocenters. The molecule has 2 aliphatic rings. The van der Waals surface area contributed by atoms with Gasteiger partial charge in [-0.15, -0.1) is 0 Å². The lowest BCUT2D eigenvalue weighted by Crippen LogP contribution is -2.66. The van der Waals surface area contributed by atoms with Gasteiger partial charge in [-0.3, -0.25) is 9.69 Å². The first-order valence-corrected chi connectivity index (χ1v) is 7.23. The van der Waals surface area contributed by atoms with E-state index in [9.17, 15) is 14.7 Å². The number of fused-ring (bicyclic) bond motifs is 1. The largest absolute Gasteiger partial charge is 0.467 e. The standard InChI is InChI=1S/C15H25NO5/c1-8-10(17)16-11(13(3,4)5)21-9(2)15(16,12(18)20-7)14(8,6)19/h8-9,11,19H,1-7H3/t8-,9-,11-,14-,15+/m1/s1. The maximum Gasteiger partial charge on any atom is 0.337 e. The third-order valence-corrected chi connectivity index (χ3v) is 5.00. The number of esters is 1. The zero-order chi connectivity index (χ0) is 16.4. The molecule has 2 fully saturated rings. The Morgan fingerprint density at radius 2 is 1.90 bits per heavy atom. The second-order valence-electron chi connectivity index (χ2n) is 7.33. The van der Waals surface area contributed by atoms with Crippen LogP contribution in [0.25, 0.3) is 0 Å². The maximum atomic E-state index is 12.7. The number of nitrogens with zero attached hydrogens (tertiary/aromatic N) is 1. The minimum atomic E-state index is -1.56. The first kappa shape index (κ1) is 16.2. The van der Waals surface area contributed by atoms with Gasteiger partial charge in [0.05, 0.1) is 19.1 Å². The molecule has 2 heterocycles. The summed E-state index contributed by atoms with van der Waals surface area (Å²) in [7, 11) is 1.26. The summed E-state index contributed by atoms with van der Waals surface area (Å²) < 4.78 is 10.8. The maximum absolute atomic E-state index is 12.7. The van der Waals surface area contributed by atoms with Crippen molar-refractivity contribution in [3.8, 4) is 0 Å². The number of methoxy groups -OCH3 is 1. The molecule has 1 amide bonds. The van der Waals surface area contributed by atoms with Crippen molar-refractivity contribution in [1.82, 2.24) is 4.90 Å². The van der Waals surface area contributed by atoms with Crippen LogP contribution in [0, 0.1) is 11.3 Å². The van der Waals surface area contributed by atoms with Crippen LogP contribution in [0.5, 0.6) is 0 Å². The van der Waals surface area contributed by atoms with Crippen LogP contribution in [-0.4, -0.2) is 52.5 Å². The lowest BCUT2D eigenvalue weighted by molar-refractivity contribution is -0.170. The van der Waals surface area contributed by atoms with Gasteiger partial charge in [0.1, 0.15) is 11.8 Å². The van der Waals surface area contributed by atoms with E-state index in [4.69, 9.17) is 9.47 Å². The lowest BCUT2D eigenvalue weighted by Gasteiger charge is -2.41. The fourth-order valence-electron chi connectivity index (χ4n) is 3.68. The Morgan fingerprint density at radius 3 is 2.33 bits per heavy atom. The van der Waals surface area contributed by atoms with Crippen molar-refractivity contribution in [1.29, 1.82) is 0 Å². The van der Waals surface area contributed by atoms with Crippen LogP contribution >= 0.6 is 0 Å². The second kappa shape index (κ2) is 4.43. The number of aliphatic hydroxyl groups is 1. The molecule has 0 bridgehead atoms. The molecule has 2 rings (SSSR count). The number of carbonyl (C=O) groups is 2. The summed E-state index contributed by atoms with van der Waals surface area (Å²) >= 11 is 0. The Bertz CT molecular complexity index is 481. The van der Waals surface area contributed by atoms with Gasteiger partial charge in [-0.2, -0.15) is 0 Å². The summed E-state index contributed by atoms with van der Waals surface area (Å²) in [5.74, 6) is -1.62. The van der Waals surface area contributed by atoms with E-state index in [0.717, 1.165) is 0 Å². The summed E-state index contributed by atoms with van der Waals surface area (Å²) in [5, 5.41) is 11.0. The zero-order valence-electron chi connectivity index (χ0n) is 13.8. The van der Waals surface area contributed by atoms with Gasteiger partial charge in [-0.05, 0) is 13.8 Å². The molecule has 0 aliphatic carbocycles. The van der Waals surface area contributed by atoms with Crippen LogP contribution < -0.4 is 0 Å². The highest BCUT2D eigenvalue weighted by molar-refractivity contribution is 5.97. The summed E-state index contributed by atoms with van der Waals surface area (Å²) in [6, 6.07) is 0. The topological polar surface area (TPSA) is 76.1 Å². The molecule has 120 valence electrons. The average molecular weight is 299 g/mol. The molecule has 0 aromatic carbocycles. The van der Waals surface area contributed by atoms with E-state index in [1.165, 1.54) is 18.9 Å². The Kier molecular flexibility index (Phi) is 3.42. The molecular formula is C15H25NO5. The van der Waals surface area contributed by atoms with Crippen molar-refractivity contribution in [3.63, 3.8) is 0 Å². The number of hydrogen-bond acceptors (Lipinski definition) is 5. The minimum Gasteiger partial charge on any atom is -0.467 e. The van der Waals surface area contributed by atoms with E-state index >= 15 is 0 Å². The highest BCUT2D eigenvalue weighted by Crippen LogP contribution is 2.54. The second-order valence-corrected chi connectivity index (χ2v) is 7.33. The normalized spacial score (nSPS) is 43.1. The molecule has 0 unspecified atom stereocenters. The molecule has 0 saturated carbocycles. The predicted octanol–water partition coefficient (Wildman–Crippen LogP) is 0.918. The zero-order valence-corrected chi connectivity index (χ0v) is 13.8. The number of ether oxygens (including phenoxy) is 2. The summed E-state index contributed by atoms with van der Waals surface area (Å²) in [4.78, 5) is 26.7. The van der Waals surface area contributed by atoms with E-state index in [2.05, 4.69) is 0 Å². The molecule has 6 heteroatoms. The van der Waals surface area contributed by atoms with E-state index in [1.807, 2.05) is 20.8 Å². The Balaban J connectivity index is 2.69. The molecule has 2 aliphatic heterocycles. The van der Waals surface area contributed by atoms with Crippen LogP contribution in [0.4, 0.5) is 0 Å².